The maximum atomic E-state index is 12.7. The van der Waals surface area contributed by atoms with Gasteiger partial charge >= 0.3 is 0 Å². The van der Waals surface area contributed by atoms with Crippen molar-refractivity contribution in [3.05, 3.63) is 46.5 Å². The lowest BCUT2D eigenvalue weighted by molar-refractivity contribution is -0.133. The molecule has 2 aromatic rings. The van der Waals surface area contributed by atoms with E-state index < -0.39 is 17.6 Å². The molecule has 0 radical (unpaired) electrons. The summed E-state index contributed by atoms with van der Waals surface area (Å²) < 4.78 is 1.35. The van der Waals surface area contributed by atoms with Crippen LogP contribution in [0.4, 0.5) is 0 Å². The fraction of sp³-hybridized carbons (Fsp3) is 0.400. The van der Waals surface area contributed by atoms with Crippen molar-refractivity contribution in [2.24, 2.45) is 5.41 Å². The van der Waals surface area contributed by atoms with E-state index in [-0.39, 0.29) is 5.78 Å². The SMILES string of the molecule is CC(C)(C)C(=O)C(C(O)c1ccc(Cl)cc1Cl)n1cncn1. The van der Waals surface area contributed by atoms with Crippen molar-refractivity contribution in [2.75, 3.05) is 0 Å². The fourth-order valence-corrected chi connectivity index (χ4v) is 2.64. The van der Waals surface area contributed by atoms with Crippen molar-refractivity contribution in [1.29, 1.82) is 0 Å². The second kappa shape index (κ2) is 6.36. The van der Waals surface area contributed by atoms with E-state index in [1.165, 1.54) is 23.4 Å². The second-order valence-corrected chi connectivity index (χ2v) is 6.89. The highest BCUT2D eigenvalue weighted by molar-refractivity contribution is 6.35. The van der Waals surface area contributed by atoms with Crippen LogP contribution in [-0.2, 0) is 4.79 Å². The number of halogens is 2. The Bertz CT molecular complexity index is 666. The van der Waals surface area contributed by atoms with E-state index >= 15 is 0 Å². The van der Waals surface area contributed by atoms with Crippen molar-refractivity contribution in [2.45, 2.75) is 32.9 Å². The minimum Gasteiger partial charge on any atom is -0.386 e. The zero-order valence-electron chi connectivity index (χ0n) is 12.5. The van der Waals surface area contributed by atoms with Gasteiger partial charge in [0.25, 0.3) is 0 Å². The van der Waals surface area contributed by atoms with Crippen molar-refractivity contribution in [3.8, 4) is 0 Å². The molecule has 1 aromatic heterocycles. The van der Waals surface area contributed by atoms with Crippen LogP contribution in [0.3, 0.4) is 0 Å². The van der Waals surface area contributed by atoms with Crippen LogP contribution in [0.2, 0.25) is 10.0 Å². The van der Waals surface area contributed by atoms with Gasteiger partial charge in [-0.25, -0.2) is 9.67 Å². The number of hydrogen-bond acceptors (Lipinski definition) is 4. The Morgan fingerprint density at radius 3 is 2.50 bits per heavy atom. The fourth-order valence-electron chi connectivity index (χ4n) is 2.12. The van der Waals surface area contributed by atoms with Gasteiger partial charge in [-0.05, 0) is 12.1 Å². The first-order valence-electron chi connectivity index (χ1n) is 6.73. The first-order valence-corrected chi connectivity index (χ1v) is 7.49. The Labute approximate surface area is 138 Å². The molecular formula is C15H17Cl2N3O2. The highest BCUT2D eigenvalue weighted by atomic mass is 35.5. The minimum atomic E-state index is -1.15. The molecule has 118 valence electrons. The zero-order chi connectivity index (χ0) is 16.5. The lowest BCUT2D eigenvalue weighted by atomic mass is 9.83. The topological polar surface area (TPSA) is 68.0 Å². The molecule has 0 bridgehead atoms. The summed E-state index contributed by atoms with van der Waals surface area (Å²) in [5.41, 5.74) is -0.236. The molecule has 0 aliphatic carbocycles. The molecule has 22 heavy (non-hydrogen) atoms. The largest absolute Gasteiger partial charge is 0.386 e. The molecule has 1 N–H and O–H groups in total. The van der Waals surface area contributed by atoms with Crippen LogP contribution in [-0.4, -0.2) is 25.7 Å². The number of hydrogen-bond donors (Lipinski definition) is 1. The maximum absolute atomic E-state index is 12.7. The summed E-state index contributed by atoms with van der Waals surface area (Å²) in [6.45, 7) is 5.36. The van der Waals surface area contributed by atoms with Crippen LogP contribution < -0.4 is 0 Å². The molecule has 2 atom stereocenters. The molecule has 1 aromatic carbocycles. The van der Waals surface area contributed by atoms with Crippen LogP contribution in [0.25, 0.3) is 0 Å². The van der Waals surface area contributed by atoms with E-state index in [2.05, 4.69) is 10.1 Å². The first kappa shape index (κ1) is 16.9. The van der Waals surface area contributed by atoms with E-state index in [0.29, 0.717) is 15.6 Å². The molecule has 0 saturated heterocycles. The average molecular weight is 342 g/mol. The number of nitrogens with zero attached hydrogens (tertiary/aromatic N) is 3. The van der Waals surface area contributed by atoms with Gasteiger partial charge in [0.2, 0.25) is 0 Å². The number of carbonyl (C=O) groups excluding carboxylic acids is 1. The van der Waals surface area contributed by atoms with Crippen LogP contribution in [0.5, 0.6) is 0 Å². The predicted molar refractivity (Wildman–Crippen MR) is 84.9 cm³/mol. The molecule has 7 heteroatoms. The standard InChI is InChI=1S/C15H17Cl2N3O2/c1-15(2,3)14(22)12(20-8-18-7-19-20)13(21)10-5-4-9(16)6-11(10)17/h4-8,12-13,21H,1-3H3. The van der Waals surface area contributed by atoms with E-state index in [1.54, 1.807) is 32.9 Å². The lowest BCUT2D eigenvalue weighted by Gasteiger charge is -2.28. The van der Waals surface area contributed by atoms with Gasteiger partial charge in [-0.2, -0.15) is 5.10 Å². The normalized spacial score (nSPS) is 14.6. The zero-order valence-corrected chi connectivity index (χ0v) is 14.0. The van der Waals surface area contributed by atoms with Gasteiger partial charge in [0.05, 0.1) is 0 Å². The van der Waals surface area contributed by atoms with Crippen LogP contribution in [0.15, 0.2) is 30.9 Å². The maximum Gasteiger partial charge on any atom is 0.165 e. The monoisotopic (exact) mass is 341 g/mol. The summed E-state index contributed by atoms with van der Waals surface area (Å²) in [7, 11) is 0. The third kappa shape index (κ3) is 3.48. The van der Waals surface area contributed by atoms with Gasteiger partial charge in [0.15, 0.2) is 5.78 Å². The summed E-state index contributed by atoms with van der Waals surface area (Å²) >= 11 is 12.0. The molecule has 2 rings (SSSR count). The van der Waals surface area contributed by atoms with E-state index in [1.807, 2.05) is 0 Å². The van der Waals surface area contributed by atoms with Crippen molar-refractivity contribution < 1.29 is 9.90 Å². The molecule has 0 saturated carbocycles. The molecule has 0 aliphatic rings. The number of carbonyl (C=O) groups is 1. The Balaban J connectivity index is 2.47. The van der Waals surface area contributed by atoms with Crippen LogP contribution in [0, 0.1) is 5.41 Å². The molecule has 2 unspecified atom stereocenters. The summed E-state index contributed by atoms with van der Waals surface area (Å²) in [5, 5.41) is 15.5. The Kier molecular flexibility index (Phi) is 4.90. The summed E-state index contributed by atoms with van der Waals surface area (Å²) in [4.78, 5) is 16.6. The quantitative estimate of drug-likeness (QED) is 0.924. The Hall–Kier alpha value is -1.43. The first-order chi connectivity index (χ1) is 10.2. The molecule has 0 aliphatic heterocycles. The second-order valence-electron chi connectivity index (χ2n) is 6.05. The number of Topliss-reactive ketones (excluding diaryl/α,β-unsaturated/α-hetero) is 1. The molecule has 0 amide bonds. The number of aromatic nitrogens is 3. The number of aliphatic hydroxyl groups excluding tert-OH is 1. The number of aliphatic hydroxyl groups is 1. The van der Waals surface area contributed by atoms with Gasteiger partial charge in [0.1, 0.15) is 24.8 Å². The molecule has 0 fully saturated rings. The Morgan fingerprint density at radius 1 is 1.32 bits per heavy atom. The molecule has 1 heterocycles. The lowest BCUT2D eigenvalue weighted by Crippen LogP contribution is -2.35. The van der Waals surface area contributed by atoms with Gasteiger partial charge in [0, 0.05) is 21.0 Å². The highest BCUT2D eigenvalue weighted by Crippen LogP contribution is 2.36. The average Bonchev–Trinajstić information content (AvgIpc) is 2.91. The summed E-state index contributed by atoms with van der Waals surface area (Å²) in [5.74, 6) is -0.170. The molecule has 5 nitrogen and oxygen atoms in total. The predicted octanol–water partition coefficient (Wildman–Crippen LogP) is 3.47. The van der Waals surface area contributed by atoms with Crippen molar-refractivity contribution in [3.63, 3.8) is 0 Å². The van der Waals surface area contributed by atoms with Crippen LogP contribution >= 0.6 is 23.2 Å². The number of rotatable bonds is 4. The minimum absolute atomic E-state index is 0.170. The number of ketones is 1. The van der Waals surface area contributed by atoms with E-state index in [9.17, 15) is 9.90 Å². The van der Waals surface area contributed by atoms with Gasteiger partial charge in [-0.1, -0.05) is 50.0 Å². The van der Waals surface area contributed by atoms with Gasteiger partial charge in [-0.15, -0.1) is 0 Å². The van der Waals surface area contributed by atoms with Gasteiger partial charge < -0.3 is 5.11 Å². The molecular weight excluding hydrogens is 325 g/mol. The van der Waals surface area contributed by atoms with Crippen molar-refractivity contribution >= 4 is 29.0 Å². The molecule has 0 spiro atoms. The van der Waals surface area contributed by atoms with E-state index in [4.69, 9.17) is 23.2 Å². The van der Waals surface area contributed by atoms with Crippen LogP contribution in [0.1, 0.15) is 38.5 Å². The summed E-state index contributed by atoms with van der Waals surface area (Å²) in [6, 6.07) is 3.84. The summed E-state index contributed by atoms with van der Waals surface area (Å²) in [6.07, 6.45) is 1.57. The van der Waals surface area contributed by atoms with Crippen molar-refractivity contribution in [1.82, 2.24) is 14.8 Å². The Morgan fingerprint density at radius 2 is 2.00 bits per heavy atom. The third-order valence-corrected chi connectivity index (χ3v) is 3.87. The number of benzene rings is 1. The smallest absolute Gasteiger partial charge is 0.165 e. The van der Waals surface area contributed by atoms with Gasteiger partial charge in [-0.3, -0.25) is 4.79 Å². The van der Waals surface area contributed by atoms with E-state index in [0.717, 1.165) is 0 Å². The third-order valence-electron chi connectivity index (χ3n) is 3.31. The highest BCUT2D eigenvalue weighted by Gasteiger charge is 2.37.